The number of nitrogens with zero attached hydrogens (tertiary/aromatic N) is 1. The zero-order valence-electron chi connectivity index (χ0n) is 11.5. The summed E-state index contributed by atoms with van der Waals surface area (Å²) in [6, 6.07) is 10.00. The molecule has 2 heterocycles. The van der Waals surface area contributed by atoms with Crippen molar-refractivity contribution in [1.29, 1.82) is 0 Å². The van der Waals surface area contributed by atoms with Crippen molar-refractivity contribution in [2.24, 2.45) is 5.73 Å². The predicted molar refractivity (Wildman–Crippen MR) is 92.9 cm³/mol. The van der Waals surface area contributed by atoms with Crippen LogP contribution in [-0.4, -0.2) is 11.0 Å². The van der Waals surface area contributed by atoms with Crippen LogP contribution in [0.15, 0.2) is 49.8 Å². The Morgan fingerprint density at radius 1 is 1.43 bits per heavy atom. The van der Waals surface area contributed by atoms with Crippen molar-refractivity contribution in [1.82, 2.24) is 4.98 Å². The minimum Gasteiger partial charge on any atom is -0.431 e. The number of halogens is 1. The Balaban J connectivity index is 1.90. The number of oxazole rings is 1. The highest BCUT2D eigenvalue weighted by atomic mass is 79.9. The number of aromatic nitrogens is 1. The van der Waals surface area contributed by atoms with Gasteiger partial charge in [0.05, 0.1) is 5.25 Å². The molecule has 0 aliphatic carbocycles. The molecule has 0 bridgehead atoms. The fourth-order valence-electron chi connectivity index (χ4n) is 2.06. The van der Waals surface area contributed by atoms with E-state index in [0.717, 1.165) is 22.0 Å². The molecule has 0 saturated heterocycles. The topological polar surface area (TPSA) is 52.0 Å². The molecule has 3 aromatic rings. The summed E-state index contributed by atoms with van der Waals surface area (Å²) in [5.41, 5.74) is 8.00. The second-order valence-corrected chi connectivity index (χ2v) is 7.68. The van der Waals surface area contributed by atoms with E-state index < -0.39 is 0 Å². The van der Waals surface area contributed by atoms with Crippen LogP contribution in [0, 0.1) is 0 Å². The molecule has 2 aromatic heterocycles. The van der Waals surface area contributed by atoms with Gasteiger partial charge in [0.2, 0.25) is 0 Å². The lowest BCUT2D eigenvalue weighted by Crippen LogP contribution is -2.25. The van der Waals surface area contributed by atoms with Crippen LogP contribution >= 0.6 is 39.0 Å². The second kappa shape index (κ2) is 6.52. The first kappa shape index (κ1) is 15.1. The third kappa shape index (κ3) is 3.34. The second-order valence-electron chi connectivity index (χ2n) is 4.73. The molecule has 3 rings (SSSR count). The highest BCUT2D eigenvalue weighted by Crippen LogP contribution is 2.41. The predicted octanol–water partition coefficient (Wildman–Crippen LogP) is 5.22. The molecular formula is C15H15BrN2OS2. The van der Waals surface area contributed by atoms with Crippen molar-refractivity contribution in [3.05, 3.63) is 45.1 Å². The van der Waals surface area contributed by atoms with Crippen molar-refractivity contribution in [3.63, 3.8) is 0 Å². The lowest BCUT2D eigenvalue weighted by atomic mass is 10.1. The van der Waals surface area contributed by atoms with Crippen LogP contribution in [0.25, 0.3) is 11.1 Å². The van der Waals surface area contributed by atoms with Gasteiger partial charge in [-0.25, -0.2) is 4.98 Å². The zero-order valence-corrected chi connectivity index (χ0v) is 14.7. The van der Waals surface area contributed by atoms with Crippen LogP contribution < -0.4 is 5.73 Å². The van der Waals surface area contributed by atoms with Gasteiger partial charge in [-0.15, -0.1) is 11.3 Å². The summed E-state index contributed by atoms with van der Waals surface area (Å²) in [7, 11) is 0. The van der Waals surface area contributed by atoms with Crippen LogP contribution in [0.4, 0.5) is 0 Å². The van der Waals surface area contributed by atoms with Gasteiger partial charge in [0.15, 0.2) is 5.58 Å². The number of thioether (sulfide) groups is 1. The molecular weight excluding hydrogens is 368 g/mol. The van der Waals surface area contributed by atoms with Crippen LogP contribution in [0.3, 0.4) is 0 Å². The van der Waals surface area contributed by atoms with E-state index in [4.69, 9.17) is 10.2 Å². The van der Waals surface area contributed by atoms with Gasteiger partial charge in [0, 0.05) is 20.8 Å². The van der Waals surface area contributed by atoms with Crippen LogP contribution in [0.5, 0.6) is 0 Å². The van der Waals surface area contributed by atoms with Gasteiger partial charge in [-0.3, -0.25) is 0 Å². The van der Waals surface area contributed by atoms with E-state index in [9.17, 15) is 0 Å². The first-order valence-corrected chi connectivity index (χ1v) is 9.24. The Morgan fingerprint density at radius 2 is 2.24 bits per heavy atom. The van der Waals surface area contributed by atoms with E-state index in [2.05, 4.69) is 39.3 Å². The average molecular weight is 383 g/mol. The number of hydrogen-bond acceptors (Lipinski definition) is 5. The minimum absolute atomic E-state index is 0.0653. The standard InChI is InChI=1S/C15H15BrN2OS2/c1-2-10(17)14(13-7-9(16)8-20-13)21-15-18-11-5-3-4-6-12(11)19-15/h3-8,10,14H,2,17H2,1H3. The number of rotatable bonds is 5. The third-order valence-electron chi connectivity index (χ3n) is 3.23. The first-order chi connectivity index (χ1) is 10.2. The van der Waals surface area contributed by atoms with E-state index >= 15 is 0 Å². The Kier molecular flexibility index (Phi) is 4.69. The molecule has 2 N–H and O–H groups in total. The van der Waals surface area contributed by atoms with Crippen LogP contribution in [-0.2, 0) is 0 Å². The molecule has 0 aliphatic rings. The number of nitrogens with two attached hydrogens (primary N) is 1. The summed E-state index contributed by atoms with van der Waals surface area (Å²) < 4.78 is 6.90. The molecule has 2 atom stereocenters. The first-order valence-electron chi connectivity index (χ1n) is 6.69. The summed E-state index contributed by atoms with van der Waals surface area (Å²) in [6.45, 7) is 2.10. The normalized spacial score (nSPS) is 14.4. The number of hydrogen-bond donors (Lipinski definition) is 1. The molecule has 1 aromatic carbocycles. The maximum atomic E-state index is 6.30. The highest BCUT2D eigenvalue weighted by Gasteiger charge is 2.24. The smallest absolute Gasteiger partial charge is 0.257 e. The quantitative estimate of drug-likeness (QED) is 0.614. The Morgan fingerprint density at radius 3 is 2.90 bits per heavy atom. The molecule has 0 fully saturated rings. The lowest BCUT2D eigenvalue weighted by Gasteiger charge is -2.19. The summed E-state index contributed by atoms with van der Waals surface area (Å²) >= 11 is 6.82. The number of fused-ring (bicyclic) bond motifs is 1. The van der Waals surface area contributed by atoms with Gasteiger partial charge in [-0.1, -0.05) is 30.8 Å². The van der Waals surface area contributed by atoms with Crippen LogP contribution in [0.1, 0.15) is 23.5 Å². The highest BCUT2D eigenvalue weighted by molar-refractivity contribution is 9.10. The van der Waals surface area contributed by atoms with Gasteiger partial charge >= 0.3 is 0 Å². The van der Waals surface area contributed by atoms with Crippen molar-refractivity contribution in [2.75, 3.05) is 0 Å². The van der Waals surface area contributed by atoms with Gasteiger partial charge in [-0.2, -0.15) is 0 Å². The molecule has 0 amide bonds. The Labute approximate surface area is 140 Å². The van der Waals surface area contributed by atoms with Crippen molar-refractivity contribution >= 4 is 50.1 Å². The van der Waals surface area contributed by atoms with E-state index in [-0.39, 0.29) is 11.3 Å². The average Bonchev–Trinajstić information content (AvgIpc) is 3.09. The maximum absolute atomic E-state index is 6.30. The molecule has 0 spiro atoms. The summed E-state index contributed by atoms with van der Waals surface area (Å²) in [6.07, 6.45) is 0.910. The lowest BCUT2D eigenvalue weighted by molar-refractivity contribution is 0.486. The Bertz CT molecular complexity index is 707. The molecule has 0 radical (unpaired) electrons. The maximum Gasteiger partial charge on any atom is 0.257 e. The van der Waals surface area contributed by atoms with Crippen molar-refractivity contribution in [3.8, 4) is 0 Å². The molecule has 6 heteroatoms. The zero-order chi connectivity index (χ0) is 14.8. The number of benzene rings is 1. The minimum atomic E-state index is 0.0653. The fourth-order valence-corrected chi connectivity index (χ4v) is 4.93. The van der Waals surface area contributed by atoms with Crippen molar-refractivity contribution < 1.29 is 4.42 Å². The van der Waals surface area contributed by atoms with Gasteiger partial charge < -0.3 is 10.2 Å². The molecule has 0 saturated carbocycles. The summed E-state index contributed by atoms with van der Waals surface area (Å²) in [5.74, 6) is 0. The van der Waals surface area contributed by atoms with E-state index in [1.54, 1.807) is 23.1 Å². The number of thiophene rings is 1. The molecule has 110 valence electrons. The molecule has 3 nitrogen and oxygen atoms in total. The van der Waals surface area contributed by atoms with E-state index in [1.807, 2.05) is 24.3 Å². The van der Waals surface area contributed by atoms with E-state index in [0.29, 0.717) is 5.22 Å². The van der Waals surface area contributed by atoms with Gasteiger partial charge in [-0.05, 0) is 40.5 Å². The summed E-state index contributed by atoms with van der Waals surface area (Å²) in [5, 5.41) is 2.91. The van der Waals surface area contributed by atoms with Gasteiger partial charge in [0.1, 0.15) is 5.52 Å². The monoisotopic (exact) mass is 382 g/mol. The largest absolute Gasteiger partial charge is 0.431 e. The number of para-hydroxylation sites is 2. The Hall–Kier alpha value is -0.820. The summed E-state index contributed by atoms with van der Waals surface area (Å²) in [4.78, 5) is 5.77. The van der Waals surface area contributed by atoms with E-state index in [1.165, 1.54) is 4.88 Å². The molecule has 21 heavy (non-hydrogen) atoms. The fraction of sp³-hybridized carbons (Fsp3) is 0.267. The third-order valence-corrected chi connectivity index (χ3v) is 6.39. The molecule has 0 aliphatic heterocycles. The van der Waals surface area contributed by atoms with Gasteiger partial charge in [0.25, 0.3) is 5.22 Å². The molecule has 2 unspecified atom stereocenters. The SMILES string of the molecule is CCC(N)C(Sc1nc2ccccc2o1)c1cc(Br)cs1. The van der Waals surface area contributed by atoms with Crippen LogP contribution in [0.2, 0.25) is 0 Å². The van der Waals surface area contributed by atoms with Crippen molar-refractivity contribution in [2.45, 2.75) is 29.9 Å².